The number of hydrogen-bond donors (Lipinski definition) is 1. The normalized spacial score (nSPS) is 17.2. The van der Waals surface area contributed by atoms with E-state index in [2.05, 4.69) is 12.2 Å². The van der Waals surface area contributed by atoms with Crippen LogP contribution in [0.3, 0.4) is 0 Å². The molecule has 1 aromatic rings. The Hall–Kier alpha value is -1.62. The van der Waals surface area contributed by atoms with Gasteiger partial charge in [-0.3, -0.25) is 14.9 Å². The highest BCUT2D eigenvalue weighted by Gasteiger charge is 2.27. The quantitative estimate of drug-likeness (QED) is 0.676. The van der Waals surface area contributed by atoms with Crippen molar-refractivity contribution in [1.29, 1.82) is 0 Å². The molecule has 1 fully saturated rings. The van der Waals surface area contributed by atoms with E-state index in [1.807, 2.05) is 0 Å². The lowest BCUT2D eigenvalue weighted by Crippen LogP contribution is -2.37. The summed E-state index contributed by atoms with van der Waals surface area (Å²) in [6.07, 6.45) is 5.85. The molecule has 1 amide bonds. The second kappa shape index (κ2) is 6.43. The third-order valence-electron chi connectivity index (χ3n) is 4.14. The van der Waals surface area contributed by atoms with Crippen LogP contribution in [0.2, 0.25) is 5.02 Å². The van der Waals surface area contributed by atoms with Crippen molar-refractivity contribution < 1.29 is 9.72 Å². The molecule has 0 aliphatic heterocycles. The molecule has 1 N–H and O–H groups in total. The molecule has 6 heteroatoms. The van der Waals surface area contributed by atoms with E-state index in [0.717, 1.165) is 12.8 Å². The highest BCUT2D eigenvalue weighted by molar-refractivity contribution is 6.32. The van der Waals surface area contributed by atoms with E-state index < -0.39 is 4.92 Å². The topological polar surface area (TPSA) is 72.2 Å². The number of nitro groups is 1. The van der Waals surface area contributed by atoms with Gasteiger partial charge in [-0.15, -0.1) is 0 Å². The van der Waals surface area contributed by atoms with Crippen LogP contribution in [0.5, 0.6) is 0 Å². The molecule has 21 heavy (non-hydrogen) atoms. The number of halogens is 1. The second-order valence-corrected chi connectivity index (χ2v) is 6.38. The summed E-state index contributed by atoms with van der Waals surface area (Å²) in [5.74, 6) is -0.290. The van der Waals surface area contributed by atoms with Crippen molar-refractivity contribution >= 4 is 23.2 Å². The average molecular weight is 311 g/mol. The maximum Gasteiger partial charge on any atom is 0.288 e. The number of carbonyl (C=O) groups excluding carboxylic acids is 1. The van der Waals surface area contributed by atoms with Crippen LogP contribution >= 0.6 is 11.6 Å². The summed E-state index contributed by atoms with van der Waals surface area (Å²) >= 11 is 5.74. The van der Waals surface area contributed by atoms with Crippen molar-refractivity contribution in [2.75, 3.05) is 6.54 Å². The Morgan fingerprint density at radius 3 is 2.67 bits per heavy atom. The summed E-state index contributed by atoms with van der Waals surface area (Å²) in [6, 6.07) is 4.12. The number of nitrogens with zero attached hydrogens (tertiary/aromatic N) is 1. The maximum absolute atomic E-state index is 12.1. The lowest BCUT2D eigenvalue weighted by atomic mass is 9.76. The standard InChI is InChI=1S/C15H19ClN2O3/c1-15(7-3-2-4-8-15)10-17-14(19)11-5-6-12(16)13(9-11)18(20)21/h5-6,9H,2-4,7-8,10H2,1H3,(H,17,19). The number of nitrogens with one attached hydrogen (secondary N) is 1. The van der Waals surface area contributed by atoms with Gasteiger partial charge in [0, 0.05) is 18.2 Å². The molecule has 5 nitrogen and oxygen atoms in total. The van der Waals surface area contributed by atoms with Crippen LogP contribution < -0.4 is 5.32 Å². The predicted octanol–water partition coefficient (Wildman–Crippen LogP) is 3.95. The van der Waals surface area contributed by atoms with E-state index in [1.165, 1.54) is 37.5 Å². The van der Waals surface area contributed by atoms with Crippen LogP contribution in [0, 0.1) is 15.5 Å². The molecule has 114 valence electrons. The fraction of sp³-hybridized carbons (Fsp3) is 0.533. The SMILES string of the molecule is CC1(CNC(=O)c2ccc(Cl)c([N+](=O)[O-])c2)CCCCC1. The van der Waals surface area contributed by atoms with Crippen molar-refractivity contribution in [3.05, 3.63) is 38.9 Å². The van der Waals surface area contributed by atoms with Crippen LogP contribution in [0.4, 0.5) is 5.69 Å². The minimum atomic E-state index is -0.582. The Labute approximate surface area is 128 Å². The van der Waals surface area contributed by atoms with Gasteiger partial charge in [0.1, 0.15) is 5.02 Å². The van der Waals surface area contributed by atoms with E-state index in [4.69, 9.17) is 11.6 Å². The fourth-order valence-electron chi connectivity index (χ4n) is 2.77. The van der Waals surface area contributed by atoms with Crippen molar-refractivity contribution in [2.45, 2.75) is 39.0 Å². The van der Waals surface area contributed by atoms with Gasteiger partial charge in [0.05, 0.1) is 4.92 Å². The van der Waals surface area contributed by atoms with Gasteiger partial charge >= 0.3 is 0 Å². The Morgan fingerprint density at radius 1 is 1.38 bits per heavy atom. The Bertz CT molecular complexity index is 554. The molecule has 2 rings (SSSR count). The first kappa shape index (κ1) is 15.8. The molecule has 0 heterocycles. The first-order valence-electron chi connectivity index (χ1n) is 7.13. The van der Waals surface area contributed by atoms with E-state index in [1.54, 1.807) is 0 Å². The van der Waals surface area contributed by atoms with Crippen LogP contribution in [0.15, 0.2) is 18.2 Å². The van der Waals surface area contributed by atoms with Gasteiger partial charge in [-0.05, 0) is 30.4 Å². The lowest BCUT2D eigenvalue weighted by Gasteiger charge is -2.33. The van der Waals surface area contributed by atoms with Gasteiger partial charge in [-0.25, -0.2) is 0 Å². The van der Waals surface area contributed by atoms with Crippen LogP contribution in [-0.2, 0) is 0 Å². The largest absolute Gasteiger partial charge is 0.351 e. The molecule has 0 radical (unpaired) electrons. The number of carbonyl (C=O) groups is 1. The van der Waals surface area contributed by atoms with Crippen molar-refractivity contribution in [3.63, 3.8) is 0 Å². The number of benzene rings is 1. The van der Waals surface area contributed by atoms with Gasteiger partial charge in [0.25, 0.3) is 11.6 Å². The Balaban J connectivity index is 2.03. The van der Waals surface area contributed by atoms with Crippen molar-refractivity contribution in [1.82, 2.24) is 5.32 Å². The summed E-state index contributed by atoms with van der Waals surface area (Å²) in [4.78, 5) is 22.4. The van der Waals surface area contributed by atoms with Gasteiger partial charge in [-0.1, -0.05) is 37.8 Å². The van der Waals surface area contributed by atoms with Crippen LogP contribution in [0.1, 0.15) is 49.4 Å². The molecular formula is C15H19ClN2O3. The maximum atomic E-state index is 12.1. The number of nitro benzene ring substituents is 1. The smallest absolute Gasteiger partial charge is 0.288 e. The zero-order chi connectivity index (χ0) is 15.5. The Morgan fingerprint density at radius 2 is 2.05 bits per heavy atom. The summed E-state index contributed by atoms with van der Waals surface area (Å²) in [6.45, 7) is 2.78. The van der Waals surface area contributed by atoms with Crippen molar-refractivity contribution in [3.8, 4) is 0 Å². The summed E-state index contributed by atoms with van der Waals surface area (Å²) in [5, 5.41) is 13.8. The number of amides is 1. The van der Waals surface area contributed by atoms with Gasteiger partial charge < -0.3 is 5.32 Å². The molecule has 0 bridgehead atoms. The molecule has 0 spiro atoms. The third-order valence-corrected chi connectivity index (χ3v) is 4.46. The molecule has 0 aromatic heterocycles. The van der Waals surface area contributed by atoms with E-state index in [0.29, 0.717) is 6.54 Å². The zero-order valence-electron chi connectivity index (χ0n) is 12.0. The lowest BCUT2D eigenvalue weighted by molar-refractivity contribution is -0.384. The number of rotatable bonds is 4. The van der Waals surface area contributed by atoms with Gasteiger partial charge in [0.2, 0.25) is 0 Å². The van der Waals surface area contributed by atoms with Crippen LogP contribution in [-0.4, -0.2) is 17.4 Å². The van der Waals surface area contributed by atoms with Crippen LogP contribution in [0.25, 0.3) is 0 Å². The summed E-state index contributed by atoms with van der Waals surface area (Å²) in [5.41, 5.74) is 0.158. The highest BCUT2D eigenvalue weighted by atomic mass is 35.5. The van der Waals surface area contributed by atoms with E-state index in [-0.39, 0.29) is 27.6 Å². The first-order chi connectivity index (χ1) is 9.91. The third kappa shape index (κ3) is 3.94. The van der Waals surface area contributed by atoms with Gasteiger partial charge in [-0.2, -0.15) is 0 Å². The summed E-state index contributed by atoms with van der Waals surface area (Å²) in [7, 11) is 0. The first-order valence-corrected chi connectivity index (χ1v) is 7.51. The molecule has 0 saturated heterocycles. The fourth-order valence-corrected chi connectivity index (χ4v) is 2.96. The van der Waals surface area contributed by atoms with E-state index >= 15 is 0 Å². The molecule has 0 unspecified atom stereocenters. The average Bonchev–Trinajstić information content (AvgIpc) is 2.46. The highest BCUT2D eigenvalue weighted by Crippen LogP contribution is 2.35. The molecule has 0 atom stereocenters. The molecule has 1 aliphatic carbocycles. The Kier molecular flexibility index (Phi) is 4.83. The molecule has 1 aromatic carbocycles. The molecule has 1 aliphatic rings. The molecule has 1 saturated carbocycles. The van der Waals surface area contributed by atoms with E-state index in [9.17, 15) is 14.9 Å². The van der Waals surface area contributed by atoms with Crippen molar-refractivity contribution in [2.24, 2.45) is 5.41 Å². The predicted molar refractivity (Wildman–Crippen MR) is 81.6 cm³/mol. The molecular weight excluding hydrogens is 292 g/mol. The monoisotopic (exact) mass is 310 g/mol. The van der Waals surface area contributed by atoms with Gasteiger partial charge in [0.15, 0.2) is 0 Å². The minimum Gasteiger partial charge on any atom is -0.351 e. The zero-order valence-corrected chi connectivity index (χ0v) is 12.8. The second-order valence-electron chi connectivity index (χ2n) is 5.98. The minimum absolute atomic E-state index is 0.0378. The summed E-state index contributed by atoms with van der Waals surface area (Å²) < 4.78 is 0. The number of hydrogen-bond acceptors (Lipinski definition) is 3.